The Bertz CT molecular complexity index is 586. The van der Waals surface area contributed by atoms with Gasteiger partial charge in [-0.3, -0.25) is 9.59 Å². The van der Waals surface area contributed by atoms with Crippen molar-refractivity contribution in [1.29, 1.82) is 0 Å². The number of benzene rings is 1. The van der Waals surface area contributed by atoms with E-state index in [4.69, 9.17) is 0 Å². The molecule has 1 aromatic rings. The average molecular weight is 397 g/mol. The Morgan fingerprint density at radius 2 is 1.78 bits per heavy atom. The van der Waals surface area contributed by atoms with E-state index in [0.717, 1.165) is 44.7 Å². The molecule has 0 saturated carbocycles. The summed E-state index contributed by atoms with van der Waals surface area (Å²) in [5.41, 5.74) is 1.68. The van der Waals surface area contributed by atoms with Gasteiger partial charge in [0.1, 0.15) is 6.04 Å². The minimum Gasteiger partial charge on any atom is -0.354 e. The van der Waals surface area contributed by atoms with Gasteiger partial charge in [-0.1, -0.05) is 31.5 Å². The number of halogens is 1. The van der Waals surface area contributed by atoms with Crippen molar-refractivity contribution in [1.82, 2.24) is 20.9 Å². The molecule has 3 N–H and O–H groups in total. The van der Waals surface area contributed by atoms with Gasteiger partial charge in [0.15, 0.2) is 0 Å². The van der Waals surface area contributed by atoms with Crippen molar-refractivity contribution < 1.29 is 9.59 Å². The summed E-state index contributed by atoms with van der Waals surface area (Å²) < 4.78 is 0. The van der Waals surface area contributed by atoms with Crippen molar-refractivity contribution >= 4 is 24.2 Å². The number of rotatable bonds is 8. The van der Waals surface area contributed by atoms with Crippen molar-refractivity contribution in [2.45, 2.75) is 33.2 Å². The highest BCUT2D eigenvalue weighted by molar-refractivity contribution is 5.97. The second kappa shape index (κ2) is 12.0. The van der Waals surface area contributed by atoms with E-state index in [1.54, 1.807) is 12.1 Å². The van der Waals surface area contributed by atoms with E-state index >= 15 is 0 Å². The first kappa shape index (κ1) is 23.4. The van der Waals surface area contributed by atoms with Crippen molar-refractivity contribution in [3.05, 3.63) is 35.4 Å². The van der Waals surface area contributed by atoms with Gasteiger partial charge in [0, 0.05) is 38.3 Å². The quantitative estimate of drug-likeness (QED) is 0.583. The molecule has 0 radical (unpaired) electrons. The Kier molecular flexibility index (Phi) is 10.4. The van der Waals surface area contributed by atoms with Crippen LogP contribution in [0.15, 0.2) is 24.3 Å². The summed E-state index contributed by atoms with van der Waals surface area (Å²) in [5.74, 6) is -0.294. The van der Waals surface area contributed by atoms with Gasteiger partial charge in [-0.25, -0.2) is 0 Å². The zero-order valence-electron chi connectivity index (χ0n) is 16.6. The van der Waals surface area contributed by atoms with E-state index in [1.807, 2.05) is 32.9 Å². The molecule has 2 amide bonds. The number of carbonyl (C=O) groups excluding carboxylic acids is 2. The number of piperazine rings is 1. The summed E-state index contributed by atoms with van der Waals surface area (Å²) in [4.78, 5) is 27.3. The lowest BCUT2D eigenvalue weighted by atomic mass is 10.0. The fraction of sp³-hybridized carbons (Fsp3) is 0.600. The van der Waals surface area contributed by atoms with Crippen molar-refractivity contribution in [2.24, 2.45) is 5.92 Å². The molecule has 1 aromatic carbocycles. The van der Waals surface area contributed by atoms with Gasteiger partial charge in [0.2, 0.25) is 5.91 Å². The lowest BCUT2D eigenvalue weighted by molar-refractivity contribution is -0.123. The van der Waals surface area contributed by atoms with Gasteiger partial charge >= 0.3 is 0 Å². The maximum Gasteiger partial charge on any atom is 0.251 e. The Balaban J connectivity index is 0.00000364. The number of carbonyl (C=O) groups is 2. The largest absolute Gasteiger partial charge is 0.354 e. The van der Waals surface area contributed by atoms with Crippen LogP contribution < -0.4 is 16.0 Å². The number of nitrogens with one attached hydrogen (secondary N) is 3. The van der Waals surface area contributed by atoms with Crippen LogP contribution in [0.1, 0.15) is 36.2 Å². The van der Waals surface area contributed by atoms with Crippen LogP contribution in [0.3, 0.4) is 0 Å². The third kappa shape index (κ3) is 7.87. The van der Waals surface area contributed by atoms with E-state index in [0.29, 0.717) is 12.1 Å². The maximum absolute atomic E-state index is 12.5. The lowest BCUT2D eigenvalue weighted by Gasteiger charge is -2.27. The van der Waals surface area contributed by atoms with Crippen molar-refractivity contribution in [2.75, 3.05) is 39.3 Å². The highest BCUT2D eigenvalue weighted by Crippen LogP contribution is 2.07. The summed E-state index contributed by atoms with van der Waals surface area (Å²) in [7, 11) is 0. The Hall–Kier alpha value is -1.63. The molecule has 1 heterocycles. The molecule has 6 nitrogen and oxygen atoms in total. The van der Waals surface area contributed by atoms with E-state index in [2.05, 4.69) is 20.9 Å². The molecule has 1 fully saturated rings. The Labute approximate surface area is 168 Å². The lowest BCUT2D eigenvalue weighted by Crippen LogP contribution is -2.50. The highest BCUT2D eigenvalue weighted by Gasteiger charge is 2.24. The third-order valence-corrected chi connectivity index (χ3v) is 4.71. The Morgan fingerprint density at radius 1 is 1.15 bits per heavy atom. The molecule has 0 aliphatic carbocycles. The van der Waals surface area contributed by atoms with Crippen LogP contribution in [0.4, 0.5) is 0 Å². The van der Waals surface area contributed by atoms with E-state index in [9.17, 15) is 9.59 Å². The van der Waals surface area contributed by atoms with Crippen LogP contribution in [0, 0.1) is 12.8 Å². The predicted molar refractivity (Wildman–Crippen MR) is 111 cm³/mol. The Morgan fingerprint density at radius 3 is 2.37 bits per heavy atom. The van der Waals surface area contributed by atoms with Gasteiger partial charge in [-0.2, -0.15) is 0 Å². The molecule has 152 valence electrons. The van der Waals surface area contributed by atoms with Crippen LogP contribution >= 0.6 is 12.4 Å². The van der Waals surface area contributed by atoms with E-state index < -0.39 is 6.04 Å². The molecular weight excluding hydrogens is 364 g/mol. The van der Waals surface area contributed by atoms with Gasteiger partial charge < -0.3 is 20.9 Å². The smallest absolute Gasteiger partial charge is 0.251 e. The van der Waals surface area contributed by atoms with Gasteiger partial charge in [0.25, 0.3) is 5.91 Å². The molecule has 7 heteroatoms. The summed E-state index contributed by atoms with van der Waals surface area (Å²) in [5, 5.41) is 9.18. The van der Waals surface area contributed by atoms with Crippen LogP contribution in [0.5, 0.6) is 0 Å². The molecule has 1 unspecified atom stereocenters. The fourth-order valence-corrected chi connectivity index (χ4v) is 3.02. The standard InChI is InChI=1S/C20H32N4O2.ClH/c1-15(2)18(23-19(25)17-7-5-16(3)6-8-17)20(26)22-9-4-12-24-13-10-21-11-14-24;/h5-8,15,18,21H,4,9-14H2,1-3H3,(H,22,26)(H,23,25);1H. The topological polar surface area (TPSA) is 73.5 Å². The molecule has 1 aliphatic heterocycles. The number of nitrogens with zero attached hydrogens (tertiary/aromatic N) is 1. The molecule has 27 heavy (non-hydrogen) atoms. The van der Waals surface area contributed by atoms with Crippen molar-refractivity contribution in [3.63, 3.8) is 0 Å². The number of hydrogen-bond donors (Lipinski definition) is 3. The third-order valence-electron chi connectivity index (χ3n) is 4.71. The summed E-state index contributed by atoms with van der Waals surface area (Å²) in [6, 6.07) is 6.84. The molecule has 1 saturated heterocycles. The molecule has 1 atom stereocenters. The number of hydrogen-bond acceptors (Lipinski definition) is 4. The zero-order chi connectivity index (χ0) is 18.9. The maximum atomic E-state index is 12.5. The van der Waals surface area contributed by atoms with Crippen LogP contribution in [0.25, 0.3) is 0 Å². The molecule has 0 spiro atoms. The minimum atomic E-state index is -0.525. The number of amides is 2. The molecular formula is C20H33ClN4O2. The van der Waals surface area contributed by atoms with Gasteiger partial charge in [-0.15, -0.1) is 12.4 Å². The summed E-state index contributed by atoms with van der Waals surface area (Å²) in [6.07, 6.45) is 0.919. The SMILES string of the molecule is Cc1ccc(C(=O)NC(C(=O)NCCCN2CCNCC2)C(C)C)cc1.Cl. The highest BCUT2D eigenvalue weighted by atomic mass is 35.5. The fourth-order valence-electron chi connectivity index (χ4n) is 3.02. The summed E-state index contributed by atoms with van der Waals surface area (Å²) >= 11 is 0. The molecule has 0 bridgehead atoms. The second-order valence-electron chi connectivity index (χ2n) is 7.30. The van der Waals surface area contributed by atoms with Gasteiger partial charge in [0.05, 0.1) is 0 Å². The molecule has 1 aliphatic rings. The number of aryl methyl sites for hydroxylation is 1. The van der Waals surface area contributed by atoms with Crippen LogP contribution in [-0.2, 0) is 4.79 Å². The molecule has 0 aromatic heterocycles. The normalized spacial score (nSPS) is 15.7. The van der Waals surface area contributed by atoms with Gasteiger partial charge in [-0.05, 0) is 37.9 Å². The first-order chi connectivity index (χ1) is 12.5. The van der Waals surface area contributed by atoms with E-state index in [1.165, 1.54) is 0 Å². The first-order valence-electron chi connectivity index (χ1n) is 9.55. The first-order valence-corrected chi connectivity index (χ1v) is 9.55. The monoisotopic (exact) mass is 396 g/mol. The molecule has 2 rings (SSSR count). The van der Waals surface area contributed by atoms with Crippen molar-refractivity contribution in [3.8, 4) is 0 Å². The predicted octanol–water partition coefficient (Wildman–Crippen LogP) is 1.58. The minimum absolute atomic E-state index is 0. The second-order valence-corrected chi connectivity index (χ2v) is 7.30. The van der Waals surface area contributed by atoms with E-state index in [-0.39, 0.29) is 30.1 Å². The zero-order valence-corrected chi connectivity index (χ0v) is 17.4. The average Bonchev–Trinajstić information content (AvgIpc) is 2.64. The van der Waals surface area contributed by atoms with Crippen LogP contribution in [0.2, 0.25) is 0 Å². The summed E-state index contributed by atoms with van der Waals surface area (Å²) in [6.45, 7) is 11.7. The van der Waals surface area contributed by atoms with Crippen LogP contribution in [-0.4, -0.2) is 62.0 Å².